The fraction of sp³-hybridized carbons (Fsp3) is 0.909. The molecule has 0 bridgehead atoms. The van der Waals surface area contributed by atoms with E-state index in [0.29, 0.717) is 12.8 Å². The molecule has 0 radical (unpaired) electrons. The van der Waals surface area contributed by atoms with Crippen molar-refractivity contribution in [3.8, 4) is 0 Å². The standard InChI is InChI=1S/C77H141O24P/c1-4-7-10-13-16-19-22-25-28-29-32-34-37-40-43-46-49-52-62(80)94-57-60-65(83)67(85)72(90)77(98-60)100-74-70(88)68(86)69(87)73(99-76-71(89)66(84)64(82)59(54-78)97-76)75(74)101-102(91,92)95-56-58(96-63(81)53-50-47-44-41-38-35-31-27-24-21-18-15-12-9-6-3)55-93-61(79)51-48-45-42-39-36-33-30-26-23-20-17-14-11-8-5-2/h42,45,48,51,58-60,64-78,82-90H,4-41,43-44,46-47,49-50,52-57H2,1-3H3,(H,91,92)/b45-42+,51-48+. The third-order valence-electron chi connectivity index (χ3n) is 19.8. The summed E-state index contributed by atoms with van der Waals surface area (Å²) >= 11 is 0. The molecule has 0 aromatic heterocycles. The molecule has 25 heteroatoms. The molecule has 0 spiro atoms. The first-order chi connectivity index (χ1) is 49.3. The average Bonchev–Trinajstić information content (AvgIpc) is 0.761. The minimum absolute atomic E-state index is 0.0296. The van der Waals surface area contributed by atoms with Crippen molar-refractivity contribution in [1.82, 2.24) is 0 Å². The Hall–Kier alpha value is -2.56. The van der Waals surface area contributed by atoms with E-state index in [1.807, 2.05) is 6.08 Å². The molecule has 102 heavy (non-hydrogen) atoms. The number of phosphoric ester groups is 1. The zero-order valence-electron chi connectivity index (χ0n) is 62.7. The van der Waals surface area contributed by atoms with E-state index in [1.54, 1.807) is 6.08 Å². The highest BCUT2D eigenvalue weighted by Crippen LogP contribution is 2.49. The number of phosphoric acid groups is 1. The van der Waals surface area contributed by atoms with Crippen LogP contribution in [0.4, 0.5) is 0 Å². The number of ether oxygens (including phenoxy) is 7. The van der Waals surface area contributed by atoms with Crippen molar-refractivity contribution in [2.24, 2.45) is 0 Å². The van der Waals surface area contributed by atoms with Gasteiger partial charge in [0.25, 0.3) is 0 Å². The van der Waals surface area contributed by atoms with Crippen LogP contribution in [0.1, 0.15) is 316 Å². The van der Waals surface area contributed by atoms with Crippen LogP contribution in [0.5, 0.6) is 0 Å². The average molecular weight is 1480 g/mol. The first-order valence-corrected chi connectivity index (χ1v) is 41.7. The summed E-state index contributed by atoms with van der Waals surface area (Å²) in [5.41, 5.74) is 0. The summed E-state index contributed by atoms with van der Waals surface area (Å²) < 4.78 is 65.0. The molecular formula is C77H141O24P. The van der Waals surface area contributed by atoms with Crippen LogP contribution in [0.15, 0.2) is 24.3 Å². The van der Waals surface area contributed by atoms with Gasteiger partial charge >= 0.3 is 25.7 Å². The molecule has 0 aromatic carbocycles. The van der Waals surface area contributed by atoms with Crippen molar-refractivity contribution in [2.45, 2.75) is 420 Å². The van der Waals surface area contributed by atoms with Crippen LogP contribution in [-0.4, -0.2) is 204 Å². The van der Waals surface area contributed by atoms with E-state index in [2.05, 4.69) is 20.8 Å². The predicted octanol–water partition coefficient (Wildman–Crippen LogP) is 12.1. The van der Waals surface area contributed by atoms with Gasteiger partial charge in [-0.15, -0.1) is 0 Å². The van der Waals surface area contributed by atoms with Crippen LogP contribution >= 0.6 is 7.82 Å². The molecule has 0 amide bonds. The van der Waals surface area contributed by atoms with Crippen LogP contribution < -0.4 is 0 Å². The van der Waals surface area contributed by atoms with Gasteiger partial charge in [0.2, 0.25) is 0 Å². The minimum atomic E-state index is -5.72. The minimum Gasteiger partial charge on any atom is -0.463 e. The molecule has 3 fully saturated rings. The van der Waals surface area contributed by atoms with Crippen LogP contribution in [0.3, 0.4) is 0 Å². The summed E-state index contributed by atoms with van der Waals surface area (Å²) in [7, 11) is -5.72. The second-order valence-electron chi connectivity index (χ2n) is 28.9. The van der Waals surface area contributed by atoms with Crippen molar-refractivity contribution >= 4 is 25.7 Å². The van der Waals surface area contributed by atoms with Gasteiger partial charge in [0.1, 0.15) is 98.7 Å². The van der Waals surface area contributed by atoms with Crippen molar-refractivity contribution in [3.63, 3.8) is 0 Å². The largest absolute Gasteiger partial charge is 0.472 e. The monoisotopic (exact) mass is 1480 g/mol. The fourth-order valence-corrected chi connectivity index (χ4v) is 14.3. The summed E-state index contributed by atoms with van der Waals surface area (Å²) in [5, 5.41) is 110. The summed E-state index contributed by atoms with van der Waals surface area (Å²) in [6.45, 7) is 3.38. The van der Waals surface area contributed by atoms with Gasteiger partial charge in [-0.2, -0.15) is 0 Å². The van der Waals surface area contributed by atoms with Crippen molar-refractivity contribution < 1.29 is 117 Å². The van der Waals surface area contributed by atoms with E-state index < -0.39 is 156 Å². The third-order valence-corrected chi connectivity index (χ3v) is 20.8. The number of carbonyl (C=O) groups is 3. The Morgan fingerprint density at radius 1 is 0.402 bits per heavy atom. The summed E-state index contributed by atoms with van der Waals surface area (Å²) in [6, 6.07) is 0. The predicted molar refractivity (Wildman–Crippen MR) is 388 cm³/mol. The van der Waals surface area contributed by atoms with Crippen molar-refractivity contribution in [1.29, 1.82) is 0 Å². The zero-order chi connectivity index (χ0) is 74.6. The molecule has 3 rings (SSSR count). The lowest BCUT2D eigenvalue weighted by atomic mass is 9.84. The number of unbranched alkanes of at least 4 members (excludes halogenated alkanes) is 41. The van der Waals surface area contributed by atoms with Crippen molar-refractivity contribution in [3.05, 3.63) is 24.3 Å². The van der Waals surface area contributed by atoms with E-state index >= 15 is 0 Å². The maximum atomic E-state index is 14.3. The number of esters is 3. The zero-order valence-corrected chi connectivity index (χ0v) is 63.5. The molecule has 18 atom stereocenters. The van der Waals surface area contributed by atoms with E-state index in [9.17, 15) is 74.9 Å². The Balaban J connectivity index is 1.72. The maximum Gasteiger partial charge on any atom is 0.472 e. The lowest BCUT2D eigenvalue weighted by Gasteiger charge is -2.49. The molecule has 24 nitrogen and oxygen atoms in total. The van der Waals surface area contributed by atoms with Gasteiger partial charge in [0.05, 0.1) is 13.2 Å². The number of allylic oxidation sites excluding steroid dienone is 3. The number of carbonyl (C=O) groups excluding carboxylic acids is 3. The number of aliphatic hydroxyl groups excluding tert-OH is 10. The highest BCUT2D eigenvalue weighted by atomic mass is 31.2. The fourth-order valence-electron chi connectivity index (χ4n) is 13.3. The van der Waals surface area contributed by atoms with Crippen LogP contribution in [0.2, 0.25) is 0 Å². The Morgan fingerprint density at radius 3 is 1.16 bits per heavy atom. The van der Waals surface area contributed by atoms with Crippen LogP contribution in [0, 0.1) is 0 Å². The molecule has 0 aromatic rings. The Kier molecular flexibility index (Phi) is 53.7. The van der Waals surface area contributed by atoms with Gasteiger partial charge in [-0.3, -0.25) is 18.6 Å². The van der Waals surface area contributed by atoms with Crippen molar-refractivity contribution in [2.75, 3.05) is 26.4 Å². The highest BCUT2D eigenvalue weighted by molar-refractivity contribution is 7.47. The number of hydrogen-bond donors (Lipinski definition) is 11. The molecule has 2 aliphatic heterocycles. The highest BCUT2D eigenvalue weighted by Gasteiger charge is 2.58. The van der Waals surface area contributed by atoms with E-state index in [-0.39, 0.29) is 12.8 Å². The summed E-state index contributed by atoms with van der Waals surface area (Å²) in [5.74, 6) is -2.23. The van der Waals surface area contributed by atoms with Crippen LogP contribution in [0.25, 0.3) is 0 Å². The topological polar surface area (TPSA) is 374 Å². The number of rotatable bonds is 63. The van der Waals surface area contributed by atoms with Gasteiger partial charge in [-0.25, -0.2) is 9.36 Å². The van der Waals surface area contributed by atoms with E-state index in [4.69, 9.17) is 42.2 Å². The van der Waals surface area contributed by atoms with Crippen LogP contribution in [-0.2, 0) is 61.2 Å². The van der Waals surface area contributed by atoms with Gasteiger partial charge in [0.15, 0.2) is 18.7 Å². The molecule has 18 unspecified atom stereocenters. The first-order valence-electron chi connectivity index (χ1n) is 40.2. The molecule has 2 saturated heterocycles. The number of hydrogen-bond acceptors (Lipinski definition) is 23. The summed E-state index contributed by atoms with van der Waals surface area (Å²) in [6.07, 6.45) is 21.4. The number of aliphatic hydroxyl groups is 10. The van der Waals surface area contributed by atoms with E-state index in [0.717, 1.165) is 96.0 Å². The second kappa shape index (κ2) is 58.5. The molecule has 3 aliphatic rings. The molecule has 598 valence electrons. The smallest absolute Gasteiger partial charge is 0.463 e. The van der Waals surface area contributed by atoms with Gasteiger partial charge in [-0.05, 0) is 25.7 Å². The molecule has 1 saturated carbocycles. The normalized spacial score (nSPS) is 27.1. The quantitative estimate of drug-likeness (QED) is 0.00673. The Bertz CT molecular complexity index is 2190. The Morgan fingerprint density at radius 2 is 0.755 bits per heavy atom. The molecule has 1 aliphatic carbocycles. The van der Waals surface area contributed by atoms with Gasteiger partial charge in [0, 0.05) is 18.9 Å². The maximum absolute atomic E-state index is 14.3. The molecule has 11 N–H and O–H groups in total. The molecular weight excluding hydrogens is 1340 g/mol. The second-order valence-corrected chi connectivity index (χ2v) is 30.3. The lowest BCUT2D eigenvalue weighted by Crippen LogP contribution is -2.69. The SMILES string of the molecule is CCCCCCCCCCCCC/C=C/C=C/C(=O)OCC(COP(=O)(O)OC1C(OC2OC(CO)C(O)C(O)C2O)C(O)C(O)C(O)C1OC1OC(COC(=O)CCCCCCCCCCCCCCCCCCC)C(O)C(O)C1O)OC(=O)CCCCCCCCCCCCCCCCC. The lowest BCUT2D eigenvalue weighted by molar-refractivity contribution is -0.360. The third kappa shape index (κ3) is 40.6. The van der Waals surface area contributed by atoms with Gasteiger partial charge in [-0.1, -0.05) is 296 Å². The Labute approximate surface area is 611 Å². The molecule has 2 heterocycles. The van der Waals surface area contributed by atoms with E-state index in [1.165, 1.54) is 186 Å². The van der Waals surface area contributed by atoms with Gasteiger partial charge < -0.3 is 89.1 Å². The summed E-state index contributed by atoms with van der Waals surface area (Å²) in [4.78, 5) is 51.0. The first kappa shape index (κ1) is 93.6.